The smallest absolute Gasteiger partial charge is 0.255 e. The van der Waals surface area contributed by atoms with Crippen LogP contribution in [0.3, 0.4) is 0 Å². The SMILES string of the molecule is Cc1ccc(C(=O)N2CC3CCCC3C2)c(C#CCO)c1. The van der Waals surface area contributed by atoms with Crippen LogP contribution in [-0.2, 0) is 0 Å². The molecule has 110 valence electrons. The molecule has 1 saturated heterocycles. The average Bonchev–Trinajstić information content (AvgIpc) is 3.05. The summed E-state index contributed by atoms with van der Waals surface area (Å²) in [6.45, 7) is 3.59. The van der Waals surface area contributed by atoms with Crippen molar-refractivity contribution in [2.75, 3.05) is 19.7 Å². The first-order valence-corrected chi connectivity index (χ1v) is 7.68. The number of carbonyl (C=O) groups is 1. The molecule has 1 amide bonds. The van der Waals surface area contributed by atoms with Crippen molar-refractivity contribution in [1.82, 2.24) is 4.90 Å². The molecule has 1 aliphatic carbocycles. The van der Waals surface area contributed by atoms with Gasteiger partial charge in [0.15, 0.2) is 0 Å². The lowest BCUT2D eigenvalue weighted by Crippen LogP contribution is -2.30. The fourth-order valence-corrected chi connectivity index (χ4v) is 3.65. The molecular weight excluding hydrogens is 262 g/mol. The Morgan fingerprint density at radius 3 is 2.71 bits per heavy atom. The highest BCUT2D eigenvalue weighted by molar-refractivity contribution is 5.97. The molecule has 0 aromatic heterocycles. The lowest BCUT2D eigenvalue weighted by molar-refractivity contribution is 0.0780. The normalized spacial score (nSPS) is 23.6. The molecule has 0 bridgehead atoms. The van der Waals surface area contributed by atoms with Gasteiger partial charge in [0.1, 0.15) is 6.61 Å². The van der Waals surface area contributed by atoms with Gasteiger partial charge in [0.25, 0.3) is 5.91 Å². The molecule has 0 spiro atoms. The summed E-state index contributed by atoms with van der Waals surface area (Å²) < 4.78 is 0. The van der Waals surface area contributed by atoms with Crippen molar-refractivity contribution in [2.24, 2.45) is 11.8 Å². The van der Waals surface area contributed by atoms with Crippen LogP contribution in [0.2, 0.25) is 0 Å². The van der Waals surface area contributed by atoms with E-state index in [-0.39, 0.29) is 12.5 Å². The van der Waals surface area contributed by atoms with Crippen molar-refractivity contribution in [3.8, 4) is 11.8 Å². The second-order valence-corrected chi connectivity index (χ2v) is 6.17. The summed E-state index contributed by atoms with van der Waals surface area (Å²) >= 11 is 0. The molecule has 21 heavy (non-hydrogen) atoms. The average molecular weight is 283 g/mol. The van der Waals surface area contributed by atoms with Crippen molar-refractivity contribution in [1.29, 1.82) is 0 Å². The minimum absolute atomic E-state index is 0.0895. The Hall–Kier alpha value is -1.79. The van der Waals surface area contributed by atoms with E-state index in [1.54, 1.807) is 0 Å². The Bertz CT molecular complexity index is 599. The van der Waals surface area contributed by atoms with E-state index in [0.717, 1.165) is 24.2 Å². The third-order valence-electron chi connectivity index (χ3n) is 4.72. The minimum atomic E-state index is -0.185. The topological polar surface area (TPSA) is 40.5 Å². The standard InChI is InChI=1S/C18H21NO2/c1-13-7-8-17(14(10-13)6-3-9-20)18(21)19-11-15-4-2-5-16(15)12-19/h7-8,10,15-16,20H,2,4-5,9,11-12H2,1H3. The van der Waals surface area contributed by atoms with E-state index in [1.165, 1.54) is 19.3 Å². The third-order valence-corrected chi connectivity index (χ3v) is 4.72. The van der Waals surface area contributed by atoms with Crippen LogP contribution in [0.25, 0.3) is 0 Å². The second kappa shape index (κ2) is 5.91. The van der Waals surface area contributed by atoms with Crippen molar-refractivity contribution >= 4 is 5.91 Å². The lowest BCUT2D eigenvalue weighted by atomic mass is 10.0. The molecule has 1 N–H and O–H groups in total. The van der Waals surface area contributed by atoms with Gasteiger partial charge in [0, 0.05) is 18.7 Å². The van der Waals surface area contributed by atoms with Gasteiger partial charge < -0.3 is 10.0 Å². The highest BCUT2D eigenvalue weighted by atomic mass is 16.2. The highest BCUT2D eigenvalue weighted by Crippen LogP contribution is 2.38. The molecule has 3 rings (SSSR count). The van der Waals surface area contributed by atoms with Crippen LogP contribution < -0.4 is 0 Å². The van der Waals surface area contributed by atoms with Gasteiger partial charge in [-0.15, -0.1) is 0 Å². The molecule has 2 atom stereocenters. The van der Waals surface area contributed by atoms with Crippen molar-refractivity contribution in [2.45, 2.75) is 26.2 Å². The molecule has 3 heteroatoms. The number of aliphatic hydroxyl groups excluding tert-OH is 1. The summed E-state index contributed by atoms with van der Waals surface area (Å²) in [6.07, 6.45) is 3.84. The highest BCUT2D eigenvalue weighted by Gasteiger charge is 2.38. The summed E-state index contributed by atoms with van der Waals surface area (Å²) in [5.74, 6) is 7.05. The Morgan fingerprint density at radius 2 is 2.05 bits per heavy atom. The van der Waals surface area contributed by atoms with Gasteiger partial charge in [-0.05, 0) is 49.3 Å². The maximum atomic E-state index is 12.8. The number of amides is 1. The number of aliphatic hydroxyl groups is 1. The molecule has 1 aromatic rings. The van der Waals surface area contributed by atoms with E-state index in [0.29, 0.717) is 17.4 Å². The summed E-state index contributed by atoms with van der Waals surface area (Å²) in [7, 11) is 0. The zero-order valence-electron chi connectivity index (χ0n) is 12.4. The molecule has 1 aromatic carbocycles. The molecule has 2 fully saturated rings. The second-order valence-electron chi connectivity index (χ2n) is 6.17. The van der Waals surface area contributed by atoms with Crippen LogP contribution in [-0.4, -0.2) is 35.6 Å². The van der Waals surface area contributed by atoms with E-state index in [1.807, 2.05) is 30.0 Å². The largest absolute Gasteiger partial charge is 0.384 e. The van der Waals surface area contributed by atoms with Crippen LogP contribution in [0.4, 0.5) is 0 Å². The summed E-state index contributed by atoms with van der Waals surface area (Å²) in [4.78, 5) is 14.8. The van der Waals surface area contributed by atoms with Gasteiger partial charge in [-0.25, -0.2) is 0 Å². The number of likely N-dealkylation sites (tertiary alicyclic amines) is 1. The van der Waals surface area contributed by atoms with Gasteiger partial charge in [-0.1, -0.05) is 24.3 Å². The van der Waals surface area contributed by atoms with Crippen molar-refractivity contribution in [3.63, 3.8) is 0 Å². The Morgan fingerprint density at radius 1 is 1.33 bits per heavy atom. The van der Waals surface area contributed by atoms with E-state index < -0.39 is 0 Å². The Balaban J connectivity index is 1.84. The number of fused-ring (bicyclic) bond motifs is 1. The van der Waals surface area contributed by atoms with Gasteiger partial charge in [-0.3, -0.25) is 4.79 Å². The molecular formula is C18H21NO2. The van der Waals surface area contributed by atoms with Crippen molar-refractivity contribution < 1.29 is 9.90 Å². The monoisotopic (exact) mass is 283 g/mol. The number of benzene rings is 1. The van der Waals surface area contributed by atoms with Crippen LogP contribution >= 0.6 is 0 Å². The van der Waals surface area contributed by atoms with E-state index >= 15 is 0 Å². The summed E-state index contributed by atoms with van der Waals surface area (Å²) in [6, 6.07) is 5.74. The summed E-state index contributed by atoms with van der Waals surface area (Å²) in [5, 5.41) is 8.88. The first-order valence-electron chi connectivity index (χ1n) is 7.68. The molecule has 0 radical (unpaired) electrons. The fraction of sp³-hybridized carbons (Fsp3) is 0.500. The Labute approximate surface area is 126 Å². The molecule has 2 unspecified atom stereocenters. The van der Waals surface area contributed by atoms with Gasteiger partial charge in [0.2, 0.25) is 0 Å². The molecule has 1 saturated carbocycles. The Kier molecular flexibility index (Phi) is 3.98. The van der Waals surface area contributed by atoms with Gasteiger partial charge in [0.05, 0.1) is 5.56 Å². The number of aryl methyl sites for hydroxylation is 1. The first-order chi connectivity index (χ1) is 10.2. The van der Waals surface area contributed by atoms with Crippen LogP contribution in [0.15, 0.2) is 18.2 Å². The summed E-state index contributed by atoms with van der Waals surface area (Å²) in [5.41, 5.74) is 2.47. The maximum absolute atomic E-state index is 12.8. The molecule has 2 aliphatic rings. The lowest BCUT2D eigenvalue weighted by Gasteiger charge is -2.18. The third kappa shape index (κ3) is 2.82. The van der Waals surface area contributed by atoms with Crippen LogP contribution in [0, 0.1) is 30.6 Å². The molecule has 1 heterocycles. The van der Waals surface area contributed by atoms with E-state index in [9.17, 15) is 4.79 Å². The predicted molar refractivity (Wildman–Crippen MR) is 81.9 cm³/mol. The van der Waals surface area contributed by atoms with E-state index in [4.69, 9.17) is 5.11 Å². The molecule has 3 nitrogen and oxygen atoms in total. The zero-order valence-corrected chi connectivity index (χ0v) is 12.4. The number of nitrogens with zero attached hydrogens (tertiary/aromatic N) is 1. The number of hydrogen-bond donors (Lipinski definition) is 1. The molecule has 1 aliphatic heterocycles. The minimum Gasteiger partial charge on any atom is -0.384 e. The first kappa shape index (κ1) is 14.2. The van der Waals surface area contributed by atoms with E-state index in [2.05, 4.69) is 11.8 Å². The number of carbonyl (C=O) groups excluding carboxylic acids is 1. The number of hydrogen-bond acceptors (Lipinski definition) is 2. The van der Waals surface area contributed by atoms with Crippen molar-refractivity contribution in [3.05, 3.63) is 34.9 Å². The quantitative estimate of drug-likeness (QED) is 0.803. The predicted octanol–water partition coefficient (Wildman–Crippen LogP) is 2.21. The van der Waals surface area contributed by atoms with Gasteiger partial charge >= 0.3 is 0 Å². The van der Waals surface area contributed by atoms with Crippen LogP contribution in [0.5, 0.6) is 0 Å². The van der Waals surface area contributed by atoms with Gasteiger partial charge in [-0.2, -0.15) is 0 Å². The van der Waals surface area contributed by atoms with Crippen LogP contribution in [0.1, 0.15) is 40.7 Å². The maximum Gasteiger partial charge on any atom is 0.255 e. The number of rotatable bonds is 1. The zero-order chi connectivity index (χ0) is 14.8. The fourth-order valence-electron chi connectivity index (χ4n) is 3.65.